The Labute approximate surface area is 214 Å². The molecule has 0 aromatic heterocycles. The molecule has 0 unspecified atom stereocenters. The van der Waals surface area contributed by atoms with Crippen LogP contribution in [0.5, 0.6) is 11.5 Å². The van der Waals surface area contributed by atoms with Crippen LogP contribution in [0.25, 0.3) is 0 Å². The second-order valence-corrected chi connectivity index (χ2v) is 10.5. The van der Waals surface area contributed by atoms with Crippen molar-refractivity contribution < 1.29 is 10.2 Å². The van der Waals surface area contributed by atoms with Crippen LogP contribution in [0.3, 0.4) is 0 Å². The summed E-state index contributed by atoms with van der Waals surface area (Å²) in [5, 5.41) is 20.8. The molecule has 0 spiro atoms. The number of phenols is 2. The van der Waals surface area contributed by atoms with Gasteiger partial charge in [-0.25, -0.2) is 0 Å². The number of rotatable bonds is 4. The van der Waals surface area contributed by atoms with E-state index in [1.165, 1.54) is 0 Å². The van der Waals surface area contributed by atoms with Crippen molar-refractivity contribution in [2.24, 2.45) is 0 Å². The predicted octanol–water partition coefficient (Wildman–Crippen LogP) is 8.53. The zero-order valence-corrected chi connectivity index (χ0v) is 22.3. The van der Waals surface area contributed by atoms with Crippen molar-refractivity contribution in [1.29, 1.82) is 0 Å². The summed E-state index contributed by atoms with van der Waals surface area (Å²) in [6.45, 7) is 0. The van der Waals surface area contributed by atoms with Gasteiger partial charge < -0.3 is 10.2 Å². The summed E-state index contributed by atoms with van der Waals surface area (Å²) in [5.74, 6) is 0.290. The van der Waals surface area contributed by atoms with Gasteiger partial charge in [-0.1, -0.05) is 60.7 Å². The van der Waals surface area contributed by atoms with E-state index in [0.29, 0.717) is 17.9 Å². The fourth-order valence-electron chi connectivity index (χ4n) is 3.94. The monoisotopic (exact) mass is 664 g/mol. The minimum atomic E-state index is -0.722. The Bertz CT molecular complexity index is 1100. The van der Waals surface area contributed by atoms with Gasteiger partial charge in [0.2, 0.25) is 0 Å². The molecule has 4 aromatic rings. The zero-order valence-electron chi connectivity index (χ0n) is 16.0. The van der Waals surface area contributed by atoms with Gasteiger partial charge in [-0.2, -0.15) is 0 Å². The molecule has 0 saturated heterocycles. The van der Waals surface area contributed by atoms with E-state index in [-0.39, 0.29) is 11.5 Å². The highest BCUT2D eigenvalue weighted by molar-refractivity contribution is 9.11. The molecule has 31 heavy (non-hydrogen) atoms. The van der Waals surface area contributed by atoms with Gasteiger partial charge in [0.05, 0.1) is 23.3 Å². The molecule has 0 bridgehead atoms. The first-order valence-electron chi connectivity index (χ1n) is 9.33. The Morgan fingerprint density at radius 1 is 0.452 bits per heavy atom. The van der Waals surface area contributed by atoms with E-state index in [0.717, 1.165) is 22.3 Å². The average molecular weight is 668 g/mol. The Balaban J connectivity index is 2.21. The van der Waals surface area contributed by atoms with E-state index in [1.807, 2.05) is 60.7 Å². The van der Waals surface area contributed by atoms with E-state index >= 15 is 0 Å². The van der Waals surface area contributed by atoms with Gasteiger partial charge >= 0.3 is 0 Å². The second kappa shape index (κ2) is 9.10. The maximum atomic E-state index is 10.4. The van der Waals surface area contributed by atoms with Gasteiger partial charge in [0.1, 0.15) is 11.5 Å². The van der Waals surface area contributed by atoms with Crippen LogP contribution in [-0.2, 0) is 5.41 Å². The van der Waals surface area contributed by atoms with Crippen LogP contribution in [0.1, 0.15) is 22.3 Å². The fraction of sp³-hybridized carbons (Fsp3) is 0.0400. The molecule has 0 amide bonds. The lowest BCUT2D eigenvalue weighted by Crippen LogP contribution is -2.31. The highest BCUT2D eigenvalue weighted by Gasteiger charge is 2.39. The van der Waals surface area contributed by atoms with Crippen molar-refractivity contribution in [2.75, 3.05) is 0 Å². The van der Waals surface area contributed by atoms with Crippen molar-refractivity contribution >= 4 is 63.7 Å². The van der Waals surface area contributed by atoms with Crippen LogP contribution in [0.2, 0.25) is 0 Å². The minimum absolute atomic E-state index is 0.145. The topological polar surface area (TPSA) is 40.5 Å². The number of hydrogen-bond acceptors (Lipinski definition) is 2. The van der Waals surface area contributed by atoms with E-state index < -0.39 is 5.41 Å². The predicted molar refractivity (Wildman–Crippen MR) is 139 cm³/mol. The van der Waals surface area contributed by atoms with Crippen molar-refractivity contribution in [1.82, 2.24) is 0 Å². The molecule has 0 fully saturated rings. The SMILES string of the molecule is Oc1c(Br)cc(C(c2ccccc2)(c2ccccc2)c2cc(Br)c(O)c(Br)c2)cc1Br. The summed E-state index contributed by atoms with van der Waals surface area (Å²) in [7, 11) is 0. The largest absolute Gasteiger partial charge is 0.506 e. The number of phenolic OH excluding ortho intramolecular Hbond substituents is 2. The number of halogens is 4. The van der Waals surface area contributed by atoms with Gasteiger partial charge in [0.15, 0.2) is 0 Å². The number of hydrogen-bond donors (Lipinski definition) is 2. The molecule has 0 aliphatic carbocycles. The van der Waals surface area contributed by atoms with E-state index in [1.54, 1.807) is 0 Å². The summed E-state index contributed by atoms with van der Waals surface area (Å²) >= 11 is 14.0. The third-order valence-electron chi connectivity index (χ3n) is 5.31. The van der Waals surface area contributed by atoms with Crippen molar-refractivity contribution in [3.05, 3.63) is 125 Å². The van der Waals surface area contributed by atoms with E-state index in [9.17, 15) is 10.2 Å². The summed E-state index contributed by atoms with van der Waals surface area (Å²) in [6.07, 6.45) is 0. The lowest BCUT2D eigenvalue weighted by Gasteiger charge is -2.37. The minimum Gasteiger partial charge on any atom is -0.506 e. The standard InChI is InChI=1S/C25H16Br4O2/c26-19-11-17(12-20(27)23(19)30)25(15-7-3-1-4-8-15,16-9-5-2-6-10-16)18-13-21(28)24(31)22(29)14-18/h1-14,30-31H. The van der Waals surface area contributed by atoms with Crippen LogP contribution >= 0.6 is 63.7 Å². The Morgan fingerprint density at radius 3 is 1.03 bits per heavy atom. The first kappa shape index (κ1) is 22.6. The Hall–Kier alpha value is -1.60. The average Bonchev–Trinajstić information content (AvgIpc) is 2.77. The summed E-state index contributed by atoms with van der Waals surface area (Å²) in [6, 6.07) is 28.2. The molecule has 0 aliphatic heterocycles. The molecule has 2 nitrogen and oxygen atoms in total. The highest BCUT2D eigenvalue weighted by Crippen LogP contribution is 2.50. The highest BCUT2D eigenvalue weighted by atomic mass is 79.9. The fourth-order valence-corrected chi connectivity index (χ4v) is 6.31. The van der Waals surface area contributed by atoms with Crippen LogP contribution < -0.4 is 0 Å². The number of benzene rings is 4. The third kappa shape index (κ3) is 3.99. The molecule has 6 heteroatoms. The molecule has 4 aromatic carbocycles. The van der Waals surface area contributed by atoms with E-state index in [2.05, 4.69) is 88.0 Å². The Kier molecular flexibility index (Phi) is 6.63. The summed E-state index contributed by atoms with van der Waals surface area (Å²) in [4.78, 5) is 0. The van der Waals surface area contributed by atoms with Crippen LogP contribution in [0.15, 0.2) is 103 Å². The smallest absolute Gasteiger partial charge is 0.143 e. The van der Waals surface area contributed by atoms with Gasteiger partial charge in [0, 0.05) is 0 Å². The van der Waals surface area contributed by atoms with Gasteiger partial charge in [-0.3, -0.25) is 0 Å². The summed E-state index contributed by atoms with van der Waals surface area (Å²) < 4.78 is 2.35. The van der Waals surface area contributed by atoms with Crippen molar-refractivity contribution in [3.63, 3.8) is 0 Å². The molecular weight excluding hydrogens is 652 g/mol. The molecule has 0 atom stereocenters. The van der Waals surface area contributed by atoms with Crippen LogP contribution in [0.4, 0.5) is 0 Å². The number of aromatic hydroxyl groups is 2. The van der Waals surface area contributed by atoms with Gasteiger partial charge in [0.25, 0.3) is 0 Å². The molecule has 4 rings (SSSR count). The zero-order chi connectivity index (χ0) is 22.2. The lowest BCUT2D eigenvalue weighted by molar-refractivity contribution is 0.467. The van der Waals surface area contributed by atoms with Crippen LogP contribution in [-0.4, -0.2) is 10.2 Å². The van der Waals surface area contributed by atoms with Crippen molar-refractivity contribution in [2.45, 2.75) is 5.41 Å². The lowest BCUT2D eigenvalue weighted by atomic mass is 9.65. The normalized spacial score (nSPS) is 11.5. The molecule has 0 aliphatic rings. The van der Waals surface area contributed by atoms with Crippen LogP contribution in [0, 0.1) is 0 Å². The molecule has 0 heterocycles. The van der Waals surface area contributed by atoms with Gasteiger partial charge in [-0.05, 0) is 110 Å². The molecular formula is C25H16Br4O2. The van der Waals surface area contributed by atoms with E-state index in [4.69, 9.17) is 0 Å². The quantitative estimate of drug-likeness (QED) is 0.214. The maximum Gasteiger partial charge on any atom is 0.143 e. The first-order valence-corrected chi connectivity index (χ1v) is 12.5. The molecule has 0 radical (unpaired) electrons. The maximum absolute atomic E-state index is 10.4. The Morgan fingerprint density at radius 2 is 0.742 bits per heavy atom. The second-order valence-electron chi connectivity index (χ2n) is 7.06. The van der Waals surface area contributed by atoms with Gasteiger partial charge in [-0.15, -0.1) is 0 Å². The molecule has 156 valence electrons. The molecule has 2 N–H and O–H groups in total. The third-order valence-corrected chi connectivity index (χ3v) is 7.73. The molecule has 0 saturated carbocycles. The first-order chi connectivity index (χ1) is 14.9. The van der Waals surface area contributed by atoms with Crippen molar-refractivity contribution in [3.8, 4) is 11.5 Å². The summed E-state index contributed by atoms with van der Waals surface area (Å²) in [5.41, 5.74) is 3.28.